The molecule has 0 saturated carbocycles. The lowest BCUT2D eigenvalue weighted by Crippen LogP contribution is -2.16. The van der Waals surface area contributed by atoms with Crippen LogP contribution in [0, 0.1) is 10.1 Å². The molecule has 0 saturated heterocycles. The molecule has 9 heteroatoms. The van der Waals surface area contributed by atoms with Gasteiger partial charge in [0.2, 0.25) is 9.84 Å². The second kappa shape index (κ2) is 4.93. The Morgan fingerprint density at radius 3 is 2.75 bits per heavy atom. The first-order valence-electron chi connectivity index (χ1n) is 5.41. The number of hydrogen-bond donors (Lipinski definition) is 1. The van der Waals surface area contributed by atoms with Gasteiger partial charge in [0.25, 0.3) is 5.69 Å². The van der Waals surface area contributed by atoms with Gasteiger partial charge in [-0.1, -0.05) is 0 Å². The van der Waals surface area contributed by atoms with Gasteiger partial charge < -0.3 is 10.1 Å². The molecule has 0 radical (unpaired) electrons. The number of carbonyl (C=O) groups excluding carboxylic acids is 1. The van der Waals surface area contributed by atoms with Crippen molar-refractivity contribution >= 4 is 27.2 Å². The van der Waals surface area contributed by atoms with E-state index in [9.17, 15) is 23.3 Å². The molecule has 1 heterocycles. The van der Waals surface area contributed by atoms with Gasteiger partial charge in [0.15, 0.2) is 0 Å². The standard InChI is InChI=1S/C11H10N2O6S/c1-19-11(14)4-7-6-20(17,18)10-5-8(13(15)16)2-3-9(10)12-7/h2-3,5-6,12H,4H2,1H3. The molecular formula is C11H10N2O6S. The third-order valence-corrected chi connectivity index (χ3v) is 4.18. The molecule has 2 rings (SSSR count). The highest BCUT2D eigenvalue weighted by molar-refractivity contribution is 7.94. The Morgan fingerprint density at radius 2 is 2.15 bits per heavy atom. The normalized spacial score (nSPS) is 15.6. The number of non-ortho nitro benzene ring substituents is 1. The number of benzene rings is 1. The Morgan fingerprint density at radius 1 is 1.45 bits per heavy atom. The van der Waals surface area contributed by atoms with Crippen LogP contribution in [0.3, 0.4) is 0 Å². The van der Waals surface area contributed by atoms with E-state index in [4.69, 9.17) is 0 Å². The van der Waals surface area contributed by atoms with Crippen LogP contribution < -0.4 is 5.32 Å². The predicted octanol–water partition coefficient (Wildman–Crippen LogP) is 1.20. The van der Waals surface area contributed by atoms with E-state index in [2.05, 4.69) is 10.1 Å². The van der Waals surface area contributed by atoms with Crippen LogP contribution in [0.1, 0.15) is 6.42 Å². The van der Waals surface area contributed by atoms with Crippen molar-refractivity contribution < 1.29 is 22.9 Å². The maximum absolute atomic E-state index is 12.0. The van der Waals surface area contributed by atoms with Crippen molar-refractivity contribution in [3.05, 3.63) is 39.4 Å². The van der Waals surface area contributed by atoms with Gasteiger partial charge in [-0.05, 0) is 6.07 Å². The summed E-state index contributed by atoms with van der Waals surface area (Å²) < 4.78 is 28.5. The first-order valence-corrected chi connectivity index (χ1v) is 6.96. The summed E-state index contributed by atoms with van der Waals surface area (Å²) >= 11 is 0. The molecule has 1 aromatic carbocycles. The maximum atomic E-state index is 12.0. The van der Waals surface area contributed by atoms with E-state index in [1.807, 2.05) is 0 Å². The van der Waals surface area contributed by atoms with Gasteiger partial charge in [0.05, 0.1) is 29.5 Å². The van der Waals surface area contributed by atoms with Crippen molar-refractivity contribution in [1.29, 1.82) is 0 Å². The third-order valence-electron chi connectivity index (χ3n) is 2.64. The lowest BCUT2D eigenvalue weighted by atomic mass is 10.2. The minimum absolute atomic E-state index is 0.151. The number of nitro groups is 1. The van der Waals surface area contributed by atoms with E-state index >= 15 is 0 Å². The quantitative estimate of drug-likeness (QED) is 0.506. The molecular weight excluding hydrogens is 288 g/mol. The lowest BCUT2D eigenvalue weighted by molar-refractivity contribution is -0.385. The molecule has 0 fully saturated rings. The van der Waals surface area contributed by atoms with Gasteiger partial charge in [0.1, 0.15) is 4.90 Å². The van der Waals surface area contributed by atoms with Gasteiger partial charge in [-0.2, -0.15) is 0 Å². The molecule has 1 aromatic rings. The lowest BCUT2D eigenvalue weighted by Gasteiger charge is -2.18. The van der Waals surface area contributed by atoms with Gasteiger partial charge in [-0.25, -0.2) is 8.42 Å². The van der Waals surface area contributed by atoms with Crippen LogP contribution in [0.25, 0.3) is 0 Å². The maximum Gasteiger partial charge on any atom is 0.311 e. The number of nitrogens with one attached hydrogen (secondary N) is 1. The van der Waals surface area contributed by atoms with Gasteiger partial charge in [-0.15, -0.1) is 0 Å². The van der Waals surface area contributed by atoms with Gasteiger partial charge >= 0.3 is 5.97 Å². The fourth-order valence-electron chi connectivity index (χ4n) is 1.73. The number of ether oxygens (including phenoxy) is 1. The third kappa shape index (κ3) is 2.62. The molecule has 0 spiro atoms. The molecule has 0 unspecified atom stereocenters. The number of nitrogens with zero attached hydrogens (tertiary/aromatic N) is 1. The smallest absolute Gasteiger partial charge is 0.311 e. The predicted molar refractivity (Wildman–Crippen MR) is 68.6 cm³/mol. The Kier molecular flexibility index (Phi) is 3.45. The number of methoxy groups -OCH3 is 1. The molecule has 1 N–H and O–H groups in total. The second-order valence-electron chi connectivity index (χ2n) is 4.00. The number of nitro benzene ring substituents is 1. The Bertz CT molecular complexity index is 722. The molecule has 20 heavy (non-hydrogen) atoms. The van der Waals surface area contributed by atoms with Crippen molar-refractivity contribution in [2.45, 2.75) is 11.3 Å². The summed E-state index contributed by atoms with van der Waals surface area (Å²) in [6.07, 6.45) is -0.230. The van der Waals surface area contributed by atoms with Crippen LogP contribution in [-0.4, -0.2) is 26.4 Å². The highest BCUT2D eigenvalue weighted by Gasteiger charge is 2.26. The fraction of sp³-hybridized carbons (Fsp3) is 0.182. The van der Waals surface area contributed by atoms with Gasteiger partial charge in [0, 0.05) is 17.8 Å². The zero-order valence-electron chi connectivity index (χ0n) is 10.3. The van der Waals surface area contributed by atoms with Gasteiger partial charge in [-0.3, -0.25) is 14.9 Å². The molecule has 0 aromatic heterocycles. The molecule has 0 bridgehead atoms. The second-order valence-corrected chi connectivity index (χ2v) is 5.77. The molecule has 1 aliphatic rings. The number of anilines is 1. The largest absolute Gasteiger partial charge is 0.469 e. The number of esters is 1. The topological polar surface area (TPSA) is 116 Å². The molecule has 0 atom stereocenters. The van der Waals surface area contributed by atoms with Crippen LogP contribution in [0.4, 0.5) is 11.4 Å². The van der Waals surface area contributed by atoms with Crippen LogP contribution in [0.2, 0.25) is 0 Å². The zero-order valence-corrected chi connectivity index (χ0v) is 11.1. The average Bonchev–Trinajstić information content (AvgIpc) is 2.37. The first kappa shape index (κ1) is 14.0. The molecule has 106 valence electrons. The summed E-state index contributed by atoms with van der Waals surface area (Å²) in [6, 6.07) is 3.45. The van der Waals surface area contributed by atoms with E-state index in [0.717, 1.165) is 11.5 Å². The van der Waals surface area contributed by atoms with E-state index in [1.54, 1.807) is 0 Å². The minimum atomic E-state index is -3.84. The Labute approximate surface area is 114 Å². The highest BCUT2D eigenvalue weighted by atomic mass is 32.2. The number of carbonyl (C=O) groups is 1. The number of sulfone groups is 1. The zero-order chi connectivity index (χ0) is 14.9. The summed E-state index contributed by atoms with van der Waals surface area (Å²) in [7, 11) is -2.65. The number of fused-ring (bicyclic) bond motifs is 1. The monoisotopic (exact) mass is 298 g/mol. The van der Waals surface area contributed by atoms with Crippen molar-refractivity contribution in [2.24, 2.45) is 0 Å². The summed E-state index contributed by atoms with van der Waals surface area (Å²) in [6.45, 7) is 0. The van der Waals surface area contributed by atoms with Crippen LogP contribution in [0.15, 0.2) is 34.2 Å². The molecule has 0 aliphatic carbocycles. The summed E-state index contributed by atoms with van der Waals surface area (Å²) in [5.41, 5.74) is 0.0224. The van der Waals surface area contributed by atoms with Crippen LogP contribution in [0.5, 0.6) is 0 Å². The Hall–Kier alpha value is -2.42. The van der Waals surface area contributed by atoms with Crippen LogP contribution >= 0.6 is 0 Å². The molecule has 1 aliphatic heterocycles. The summed E-state index contributed by atoms with van der Waals surface area (Å²) in [5, 5.41) is 14.3. The van der Waals surface area contributed by atoms with E-state index in [0.29, 0.717) is 0 Å². The number of rotatable bonds is 3. The SMILES string of the molecule is COC(=O)CC1=CS(=O)(=O)c2cc([N+](=O)[O-])ccc2N1. The van der Waals surface area contributed by atoms with Crippen LogP contribution in [-0.2, 0) is 19.4 Å². The van der Waals surface area contributed by atoms with E-state index < -0.39 is 20.7 Å². The molecule has 8 nitrogen and oxygen atoms in total. The molecule has 0 amide bonds. The number of hydrogen-bond acceptors (Lipinski definition) is 7. The Balaban J connectivity index is 2.44. The fourth-order valence-corrected chi connectivity index (χ4v) is 3.08. The van der Waals surface area contributed by atoms with E-state index in [1.165, 1.54) is 19.2 Å². The van der Waals surface area contributed by atoms with Crippen molar-refractivity contribution in [3.63, 3.8) is 0 Å². The van der Waals surface area contributed by atoms with Crippen molar-refractivity contribution in [3.8, 4) is 0 Å². The van der Waals surface area contributed by atoms with Crippen molar-refractivity contribution in [2.75, 3.05) is 12.4 Å². The highest BCUT2D eigenvalue weighted by Crippen LogP contribution is 2.33. The summed E-state index contributed by atoms with van der Waals surface area (Å²) in [4.78, 5) is 20.9. The average molecular weight is 298 g/mol. The first-order chi connectivity index (χ1) is 9.33. The van der Waals surface area contributed by atoms with E-state index in [-0.39, 0.29) is 28.4 Å². The van der Waals surface area contributed by atoms with Crippen molar-refractivity contribution in [1.82, 2.24) is 0 Å². The minimum Gasteiger partial charge on any atom is -0.469 e. The summed E-state index contributed by atoms with van der Waals surface area (Å²) in [5.74, 6) is -0.593.